The number of para-hydroxylation sites is 1. The molecular formula is C25H28FN7O2S. The predicted octanol–water partition coefficient (Wildman–Crippen LogP) is 3.17. The predicted molar refractivity (Wildman–Crippen MR) is 141 cm³/mol. The Hall–Kier alpha value is -3.70. The van der Waals surface area contributed by atoms with E-state index in [0.717, 1.165) is 47.8 Å². The van der Waals surface area contributed by atoms with Gasteiger partial charge >= 0.3 is 0 Å². The molecule has 1 fully saturated rings. The number of benzene rings is 2. The molecule has 0 unspecified atom stereocenters. The number of rotatable bonds is 7. The minimum atomic E-state index is -3.63. The Morgan fingerprint density at radius 2 is 1.86 bits per heavy atom. The number of piperazine rings is 1. The summed E-state index contributed by atoms with van der Waals surface area (Å²) >= 11 is 0. The van der Waals surface area contributed by atoms with Crippen LogP contribution in [-0.2, 0) is 16.6 Å². The maximum atomic E-state index is 14.7. The first-order valence-corrected chi connectivity index (χ1v) is 13.5. The minimum Gasteiger partial charge on any atom is -0.369 e. The van der Waals surface area contributed by atoms with Crippen LogP contribution in [0, 0.1) is 5.82 Å². The average Bonchev–Trinajstić information content (AvgIpc) is 3.26. The van der Waals surface area contributed by atoms with E-state index < -0.39 is 15.8 Å². The van der Waals surface area contributed by atoms with Gasteiger partial charge in [0.1, 0.15) is 11.5 Å². The first-order chi connectivity index (χ1) is 17.3. The molecule has 1 aliphatic rings. The van der Waals surface area contributed by atoms with Crippen LogP contribution in [-0.4, -0.2) is 62.4 Å². The van der Waals surface area contributed by atoms with E-state index in [0.29, 0.717) is 17.2 Å². The highest BCUT2D eigenvalue weighted by Crippen LogP contribution is 2.28. The molecule has 1 saturated heterocycles. The standard InChI is InChI=1S/C25H28FN7O2S/c1-31(36(2,34)35)23-19(4-3-5-22(23)26)17-33-13-10-18-16-28-25(30-24(18)33)29-20-6-8-21(9-7-20)32-14-11-27-12-15-32/h3-10,13,16,27H,11-12,14-15,17H2,1-2H3,(H,28,29,30). The summed E-state index contributed by atoms with van der Waals surface area (Å²) in [5.41, 5.74) is 3.25. The van der Waals surface area contributed by atoms with Gasteiger partial charge in [-0.1, -0.05) is 12.1 Å². The molecule has 0 radical (unpaired) electrons. The number of hydrogen-bond acceptors (Lipinski definition) is 7. The number of anilines is 4. The van der Waals surface area contributed by atoms with E-state index in [1.807, 2.05) is 29.0 Å². The lowest BCUT2D eigenvalue weighted by Crippen LogP contribution is -2.43. The maximum absolute atomic E-state index is 14.7. The van der Waals surface area contributed by atoms with Gasteiger partial charge in [0.2, 0.25) is 16.0 Å². The fraction of sp³-hybridized carbons (Fsp3) is 0.280. The van der Waals surface area contributed by atoms with Crippen LogP contribution in [0.25, 0.3) is 11.0 Å². The third-order valence-corrected chi connectivity index (χ3v) is 7.51. The van der Waals surface area contributed by atoms with Crippen molar-refractivity contribution in [2.45, 2.75) is 6.54 Å². The van der Waals surface area contributed by atoms with Gasteiger partial charge in [0.15, 0.2) is 0 Å². The third kappa shape index (κ3) is 4.98. The first kappa shape index (κ1) is 24.0. The normalized spacial score (nSPS) is 14.2. The van der Waals surface area contributed by atoms with Crippen LogP contribution in [0.5, 0.6) is 0 Å². The zero-order valence-corrected chi connectivity index (χ0v) is 21.0. The van der Waals surface area contributed by atoms with Crippen molar-refractivity contribution in [3.05, 3.63) is 72.3 Å². The fourth-order valence-electron chi connectivity index (χ4n) is 4.36. The molecule has 188 valence electrons. The molecule has 0 saturated carbocycles. The van der Waals surface area contributed by atoms with Gasteiger partial charge in [-0.15, -0.1) is 0 Å². The van der Waals surface area contributed by atoms with Gasteiger partial charge in [0.25, 0.3) is 0 Å². The highest BCUT2D eigenvalue weighted by molar-refractivity contribution is 7.92. The zero-order valence-electron chi connectivity index (χ0n) is 20.1. The van der Waals surface area contributed by atoms with Crippen molar-refractivity contribution in [2.75, 3.05) is 54.0 Å². The smallest absolute Gasteiger partial charge is 0.232 e. The van der Waals surface area contributed by atoms with Crippen molar-refractivity contribution in [3.63, 3.8) is 0 Å². The molecule has 0 aliphatic carbocycles. The van der Waals surface area contributed by atoms with Crippen molar-refractivity contribution in [1.29, 1.82) is 0 Å². The van der Waals surface area contributed by atoms with Crippen LogP contribution in [0.1, 0.15) is 5.56 Å². The van der Waals surface area contributed by atoms with Crippen molar-refractivity contribution < 1.29 is 12.8 Å². The summed E-state index contributed by atoms with van der Waals surface area (Å²) < 4.78 is 41.7. The molecule has 3 heterocycles. The molecule has 0 bridgehead atoms. The van der Waals surface area contributed by atoms with Crippen LogP contribution >= 0.6 is 0 Å². The largest absolute Gasteiger partial charge is 0.369 e. The van der Waals surface area contributed by atoms with Gasteiger partial charge in [-0.2, -0.15) is 4.98 Å². The Labute approximate surface area is 209 Å². The van der Waals surface area contributed by atoms with Crippen LogP contribution in [0.2, 0.25) is 0 Å². The third-order valence-electron chi connectivity index (χ3n) is 6.33. The minimum absolute atomic E-state index is 0.0267. The molecule has 4 aromatic rings. The van der Waals surface area contributed by atoms with Crippen molar-refractivity contribution in [1.82, 2.24) is 19.9 Å². The Morgan fingerprint density at radius 1 is 1.11 bits per heavy atom. The van der Waals surface area contributed by atoms with Crippen LogP contribution in [0.15, 0.2) is 60.9 Å². The molecule has 0 atom stereocenters. The van der Waals surface area contributed by atoms with Crippen LogP contribution < -0.4 is 19.8 Å². The van der Waals surface area contributed by atoms with Crippen molar-refractivity contribution in [2.24, 2.45) is 0 Å². The average molecular weight is 510 g/mol. The molecule has 5 rings (SSSR count). The highest BCUT2D eigenvalue weighted by Gasteiger charge is 2.20. The number of fused-ring (bicyclic) bond motifs is 1. The molecule has 2 aromatic carbocycles. The van der Waals surface area contributed by atoms with Gasteiger partial charge in [-0.05, 0) is 42.0 Å². The molecule has 36 heavy (non-hydrogen) atoms. The zero-order chi connectivity index (χ0) is 25.3. The summed E-state index contributed by atoms with van der Waals surface area (Å²) in [4.78, 5) is 11.5. The maximum Gasteiger partial charge on any atom is 0.232 e. The topological polar surface area (TPSA) is 95.4 Å². The Bertz CT molecular complexity index is 1480. The van der Waals surface area contributed by atoms with Crippen LogP contribution in [0.4, 0.5) is 27.4 Å². The second kappa shape index (κ2) is 9.75. The Balaban J connectivity index is 1.39. The van der Waals surface area contributed by atoms with Gasteiger partial charge in [0, 0.05) is 62.4 Å². The number of nitrogens with one attached hydrogen (secondary N) is 2. The molecule has 0 amide bonds. The van der Waals surface area contributed by atoms with Crippen molar-refractivity contribution >= 4 is 44.1 Å². The van der Waals surface area contributed by atoms with E-state index in [1.54, 1.807) is 18.3 Å². The van der Waals surface area contributed by atoms with E-state index in [4.69, 9.17) is 0 Å². The number of nitrogens with zero attached hydrogens (tertiary/aromatic N) is 5. The fourth-order valence-corrected chi connectivity index (χ4v) is 4.89. The van der Waals surface area contributed by atoms with E-state index >= 15 is 0 Å². The quantitative estimate of drug-likeness (QED) is 0.395. The lowest BCUT2D eigenvalue weighted by atomic mass is 10.1. The van der Waals surface area contributed by atoms with Gasteiger partial charge in [-0.3, -0.25) is 4.31 Å². The number of sulfonamides is 1. The van der Waals surface area contributed by atoms with Crippen molar-refractivity contribution in [3.8, 4) is 0 Å². The lowest BCUT2D eigenvalue weighted by molar-refractivity contribution is 0.589. The first-order valence-electron chi connectivity index (χ1n) is 11.7. The van der Waals surface area contributed by atoms with Gasteiger partial charge in [0.05, 0.1) is 18.5 Å². The summed E-state index contributed by atoms with van der Waals surface area (Å²) in [7, 11) is -2.28. The number of aromatic nitrogens is 3. The molecular weight excluding hydrogens is 481 g/mol. The number of hydrogen-bond donors (Lipinski definition) is 2. The molecule has 1 aliphatic heterocycles. The number of halogens is 1. The Morgan fingerprint density at radius 3 is 2.58 bits per heavy atom. The SMILES string of the molecule is CN(c1c(F)cccc1Cn1ccc2cnc(Nc3ccc(N4CCNCC4)cc3)nc21)S(C)(=O)=O. The Kier molecular flexibility index (Phi) is 6.50. The second-order valence-corrected chi connectivity index (χ2v) is 10.8. The monoisotopic (exact) mass is 509 g/mol. The molecule has 0 spiro atoms. The molecule has 11 heteroatoms. The summed E-state index contributed by atoms with van der Waals surface area (Å²) in [6.07, 6.45) is 4.61. The van der Waals surface area contributed by atoms with Gasteiger partial charge in [-0.25, -0.2) is 17.8 Å². The summed E-state index contributed by atoms with van der Waals surface area (Å²) in [6, 6.07) is 14.6. The summed E-state index contributed by atoms with van der Waals surface area (Å²) in [5.74, 6) is -0.164. The van der Waals surface area contributed by atoms with E-state index in [2.05, 4.69) is 37.6 Å². The van der Waals surface area contributed by atoms with Gasteiger partial charge < -0.3 is 20.1 Å². The molecule has 2 N–H and O–H groups in total. The highest BCUT2D eigenvalue weighted by atomic mass is 32.2. The van der Waals surface area contributed by atoms with E-state index in [-0.39, 0.29) is 12.2 Å². The second-order valence-electron chi connectivity index (χ2n) is 8.80. The van der Waals surface area contributed by atoms with Crippen LogP contribution in [0.3, 0.4) is 0 Å². The molecule has 2 aromatic heterocycles. The summed E-state index contributed by atoms with van der Waals surface area (Å²) in [5, 5.41) is 7.43. The lowest BCUT2D eigenvalue weighted by Gasteiger charge is -2.29. The molecule has 9 nitrogen and oxygen atoms in total. The van der Waals surface area contributed by atoms with E-state index in [9.17, 15) is 12.8 Å². The van der Waals surface area contributed by atoms with E-state index in [1.165, 1.54) is 18.8 Å². The summed E-state index contributed by atoms with van der Waals surface area (Å²) in [6.45, 7) is 4.17.